The van der Waals surface area contributed by atoms with Crippen molar-refractivity contribution < 1.29 is 9.90 Å². The van der Waals surface area contributed by atoms with E-state index in [1.807, 2.05) is 25.5 Å². The van der Waals surface area contributed by atoms with Crippen LogP contribution in [0.25, 0.3) is 11.1 Å². The minimum absolute atomic E-state index is 0.307. The van der Waals surface area contributed by atoms with E-state index in [-0.39, 0.29) is 0 Å². The first-order valence-electron chi connectivity index (χ1n) is 10.7. The predicted molar refractivity (Wildman–Crippen MR) is 127 cm³/mol. The maximum absolute atomic E-state index is 11.4. The second-order valence-corrected chi connectivity index (χ2v) is 8.72. The number of hydrogen-bond acceptors (Lipinski definition) is 5. The first-order chi connectivity index (χ1) is 15.0. The fraction of sp³-hybridized carbons (Fsp3) is 0.333. The number of aryl methyl sites for hydroxylation is 2. The van der Waals surface area contributed by atoms with E-state index in [0.717, 1.165) is 46.8 Å². The zero-order valence-electron chi connectivity index (χ0n) is 18.0. The molecular formula is C24H28N4O2S. The molecule has 31 heavy (non-hydrogen) atoms. The zero-order valence-corrected chi connectivity index (χ0v) is 18.8. The lowest BCUT2D eigenvalue weighted by atomic mass is 10.1. The van der Waals surface area contributed by atoms with Crippen LogP contribution in [0.5, 0.6) is 0 Å². The first kappa shape index (κ1) is 21.3. The molecule has 4 rings (SSSR count). The molecule has 2 aromatic carbocycles. The Bertz CT molecular complexity index is 1070. The minimum atomic E-state index is -0.905. The third-order valence-electron chi connectivity index (χ3n) is 5.70. The van der Waals surface area contributed by atoms with Gasteiger partial charge in [-0.1, -0.05) is 19.1 Å². The van der Waals surface area contributed by atoms with Gasteiger partial charge in [0.25, 0.3) is 0 Å². The number of hydrogen-bond donors (Lipinski definition) is 2. The molecule has 2 N–H and O–H groups in total. The summed E-state index contributed by atoms with van der Waals surface area (Å²) in [5, 5.41) is 13.7. The van der Waals surface area contributed by atoms with Gasteiger partial charge in [0.1, 0.15) is 0 Å². The van der Waals surface area contributed by atoms with E-state index in [1.165, 1.54) is 36.9 Å². The molecule has 3 aromatic rings. The van der Waals surface area contributed by atoms with Gasteiger partial charge in [-0.15, -0.1) is 0 Å². The summed E-state index contributed by atoms with van der Waals surface area (Å²) in [6.45, 7) is 4.20. The highest BCUT2D eigenvalue weighted by Gasteiger charge is 2.17. The number of piperidine rings is 1. The quantitative estimate of drug-likeness (QED) is 0.480. The normalized spacial score (nSPS) is 13.9. The van der Waals surface area contributed by atoms with Crippen molar-refractivity contribution in [3.63, 3.8) is 0 Å². The van der Waals surface area contributed by atoms with Gasteiger partial charge >= 0.3 is 5.97 Å². The number of carbonyl (C=O) groups is 1. The molecule has 0 aliphatic carbocycles. The van der Waals surface area contributed by atoms with Gasteiger partial charge in [0, 0.05) is 36.8 Å². The summed E-state index contributed by atoms with van der Waals surface area (Å²) in [5.41, 5.74) is 5.84. The van der Waals surface area contributed by atoms with Crippen LogP contribution in [0.15, 0.2) is 53.7 Å². The predicted octanol–water partition coefficient (Wildman–Crippen LogP) is 5.46. The molecule has 0 radical (unpaired) electrons. The maximum atomic E-state index is 11.4. The molecule has 1 fully saturated rings. The van der Waals surface area contributed by atoms with Crippen LogP contribution in [-0.2, 0) is 13.5 Å². The first-order valence-corrected chi connectivity index (χ1v) is 11.5. The molecule has 0 amide bonds. The molecule has 1 saturated heterocycles. The summed E-state index contributed by atoms with van der Waals surface area (Å²) >= 11 is 1.48. The van der Waals surface area contributed by atoms with Crippen LogP contribution in [0.3, 0.4) is 0 Å². The average Bonchev–Trinajstić information content (AvgIpc) is 3.24. The van der Waals surface area contributed by atoms with Gasteiger partial charge < -0.3 is 14.7 Å². The Balaban J connectivity index is 1.66. The second kappa shape index (κ2) is 9.47. The number of carboxylic acid groups (broad SMARTS) is 1. The fourth-order valence-corrected chi connectivity index (χ4v) is 4.88. The number of aromatic nitrogens is 2. The molecular weight excluding hydrogens is 408 g/mol. The average molecular weight is 437 g/mol. The number of nitrogens with one attached hydrogen (secondary N) is 1. The molecule has 0 saturated carbocycles. The SMILES string of the molecule is CCc1ccc(C(=O)O)cc1SNc1cc(-c2cnn(C)c2)ccc1N1CCCCC1. The molecule has 1 aromatic heterocycles. The highest BCUT2D eigenvalue weighted by molar-refractivity contribution is 8.00. The van der Waals surface area contributed by atoms with E-state index in [1.54, 1.807) is 16.8 Å². The summed E-state index contributed by atoms with van der Waals surface area (Å²) in [6, 6.07) is 11.8. The molecule has 2 heterocycles. The molecule has 0 bridgehead atoms. The third kappa shape index (κ3) is 4.88. The van der Waals surface area contributed by atoms with E-state index in [4.69, 9.17) is 0 Å². The molecule has 0 atom stereocenters. The van der Waals surface area contributed by atoms with Crippen LogP contribution in [-0.4, -0.2) is 33.9 Å². The molecule has 162 valence electrons. The Labute approximate surface area is 187 Å². The van der Waals surface area contributed by atoms with Gasteiger partial charge in [-0.05, 0) is 73.0 Å². The van der Waals surface area contributed by atoms with Gasteiger partial charge in [-0.2, -0.15) is 5.10 Å². The summed E-state index contributed by atoms with van der Waals surface area (Å²) in [7, 11) is 1.92. The fourth-order valence-electron chi connectivity index (χ4n) is 3.96. The van der Waals surface area contributed by atoms with Gasteiger partial charge in [0.05, 0.1) is 23.1 Å². The molecule has 0 unspecified atom stereocenters. The lowest BCUT2D eigenvalue weighted by molar-refractivity contribution is 0.0696. The number of carboxylic acids is 1. The standard InChI is InChI=1S/C24H28N4O2S/c1-3-17-7-8-19(24(29)30)14-23(17)31-26-21-13-18(20-15-25-27(2)16-20)9-10-22(21)28-11-5-4-6-12-28/h7-10,13-16,26H,3-6,11-12H2,1-2H3,(H,29,30). The van der Waals surface area contributed by atoms with Crippen LogP contribution in [0.1, 0.15) is 42.1 Å². The minimum Gasteiger partial charge on any atom is -0.478 e. The maximum Gasteiger partial charge on any atom is 0.335 e. The van der Waals surface area contributed by atoms with Crippen LogP contribution in [0.2, 0.25) is 0 Å². The summed E-state index contributed by atoms with van der Waals surface area (Å²) in [6.07, 6.45) is 8.42. The van der Waals surface area contributed by atoms with Gasteiger partial charge in [-0.25, -0.2) is 4.79 Å². The van der Waals surface area contributed by atoms with E-state index in [9.17, 15) is 9.90 Å². The summed E-state index contributed by atoms with van der Waals surface area (Å²) in [4.78, 5) is 14.8. The number of benzene rings is 2. The highest BCUT2D eigenvalue weighted by Crippen LogP contribution is 2.36. The van der Waals surface area contributed by atoms with Crippen molar-refractivity contribution in [1.82, 2.24) is 9.78 Å². The molecule has 0 spiro atoms. The van der Waals surface area contributed by atoms with Crippen molar-refractivity contribution >= 4 is 29.3 Å². The lowest BCUT2D eigenvalue weighted by Crippen LogP contribution is -2.29. The van der Waals surface area contributed by atoms with Crippen molar-refractivity contribution in [2.24, 2.45) is 7.05 Å². The van der Waals surface area contributed by atoms with E-state index >= 15 is 0 Å². The molecule has 1 aliphatic rings. The summed E-state index contributed by atoms with van der Waals surface area (Å²) < 4.78 is 5.35. The van der Waals surface area contributed by atoms with Gasteiger partial charge in [0.2, 0.25) is 0 Å². The van der Waals surface area contributed by atoms with Crippen molar-refractivity contribution in [3.8, 4) is 11.1 Å². The highest BCUT2D eigenvalue weighted by atomic mass is 32.2. The number of aromatic carboxylic acids is 1. The molecule has 7 heteroatoms. The van der Waals surface area contributed by atoms with E-state index < -0.39 is 5.97 Å². The van der Waals surface area contributed by atoms with Crippen LogP contribution < -0.4 is 9.62 Å². The Morgan fingerprint density at radius 3 is 2.61 bits per heavy atom. The zero-order chi connectivity index (χ0) is 21.8. The van der Waals surface area contributed by atoms with Crippen molar-refractivity contribution in [3.05, 3.63) is 59.9 Å². The van der Waals surface area contributed by atoms with Crippen molar-refractivity contribution in [1.29, 1.82) is 0 Å². The number of nitrogens with zero attached hydrogens (tertiary/aromatic N) is 3. The number of anilines is 2. The third-order valence-corrected chi connectivity index (χ3v) is 6.62. The Hall–Kier alpha value is -2.93. The Kier molecular flexibility index (Phi) is 6.51. The van der Waals surface area contributed by atoms with Crippen molar-refractivity contribution in [2.75, 3.05) is 22.7 Å². The smallest absolute Gasteiger partial charge is 0.335 e. The van der Waals surface area contributed by atoms with Gasteiger partial charge in [-0.3, -0.25) is 4.68 Å². The van der Waals surface area contributed by atoms with Gasteiger partial charge in [0.15, 0.2) is 0 Å². The van der Waals surface area contributed by atoms with Crippen LogP contribution >= 0.6 is 11.9 Å². The molecule has 6 nitrogen and oxygen atoms in total. The largest absolute Gasteiger partial charge is 0.478 e. The number of rotatable bonds is 7. The topological polar surface area (TPSA) is 70.4 Å². The second-order valence-electron chi connectivity index (χ2n) is 7.87. The van der Waals surface area contributed by atoms with Crippen molar-refractivity contribution in [2.45, 2.75) is 37.5 Å². The molecule has 1 aliphatic heterocycles. The van der Waals surface area contributed by atoms with E-state index in [2.05, 4.69) is 39.8 Å². The lowest BCUT2D eigenvalue weighted by Gasteiger charge is -2.31. The Morgan fingerprint density at radius 1 is 1.13 bits per heavy atom. The summed E-state index contributed by atoms with van der Waals surface area (Å²) in [5.74, 6) is -0.905. The van der Waals surface area contributed by atoms with Crippen LogP contribution in [0.4, 0.5) is 11.4 Å². The van der Waals surface area contributed by atoms with Crippen LogP contribution in [0, 0.1) is 0 Å². The van der Waals surface area contributed by atoms with E-state index in [0.29, 0.717) is 5.56 Å². The monoisotopic (exact) mass is 436 g/mol. The Morgan fingerprint density at radius 2 is 1.94 bits per heavy atom.